The molecule has 2 heterocycles. The number of benzene rings is 2. The zero-order valence-corrected chi connectivity index (χ0v) is 11.5. The van der Waals surface area contributed by atoms with Crippen molar-refractivity contribution < 1.29 is 4.68 Å². The Balaban J connectivity index is 2.21. The van der Waals surface area contributed by atoms with Crippen molar-refractivity contribution in [3.8, 4) is 11.8 Å². The van der Waals surface area contributed by atoms with E-state index in [4.69, 9.17) is 6.57 Å². The molecule has 3 aromatic rings. The van der Waals surface area contributed by atoms with Gasteiger partial charge < -0.3 is 0 Å². The number of hydrogen-bond donors (Lipinski definition) is 0. The highest BCUT2D eigenvalue weighted by Gasteiger charge is 2.31. The van der Waals surface area contributed by atoms with Crippen LogP contribution in [0.25, 0.3) is 21.4 Å². The van der Waals surface area contributed by atoms with E-state index in [1.807, 2.05) is 6.20 Å². The lowest BCUT2D eigenvalue weighted by atomic mass is 10.1. The van der Waals surface area contributed by atoms with Gasteiger partial charge in [-0.25, -0.2) is 4.85 Å². The monoisotopic (exact) mass is 271 g/mol. The smallest absolute Gasteiger partial charge is 0.217 e. The Morgan fingerprint density at radius 1 is 1.33 bits per heavy atom. The first kappa shape index (κ1) is 11.7. The quantitative estimate of drug-likeness (QED) is 0.358. The summed E-state index contributed by atoms with van der Waals surface area (Å²) in [5.74, 6) is 0. The summed E-state index contributed by atoms with van der Waals surface area (Å²) in [4.78, 5) is 3.63. The van der Waals surface area contributed by atoms with Gasteiger partial charge in [0.15, 0.2) is 6.54 Å². The summed E-state index contributed by atoms with van der Waals surface area (Å²) < 4.78 is 4.16. The molecule has 21 heavy (non-hydrogen) atoms. The van der Waals surface area contributed by atoms with Gasteiger partial charge in [-0.3, -0.25) is 0 Å². The van der Waals surface area contributed by atoms with Crippen LogP contribution in [0.5, 0.6) is 0 Å². The van der Waals surface area contributed by atoms with Crippen molar-refractivity contribution in [2.24, 2.45) is 0 Å². The van der Waals surface area contributed by atoms with Crippen molar-refractivity contribution in [2.75, 3.05) is 0 Å². The second kappa shape index (κ2) is 3.94. The van der Waals surface area contributed by atoms with E-state index in [9.17, 15) is 5.26 Å². The molecule has 1 aliphatic heterocycles. The van der Waals surface area contributed by atoms with Crippen LogP contribution in [0, 0.1) is 24.8 Å². The van der Waals surface area contributed by atoms with Gasteiger partial charge in [-0.15, -0.1) is 9.36 Å². The van der Waals surface area contributed by atoms with Gasteiger partial charge in [0.2, 0.25) is 11.9 Å². The first-order chi connectivity index (χ1) is 10.2. The van der Waals surface area contributed by atoms with Gasteiger partial charge in [0.25, 0.3) is 0 Å². The number of hydrogen-bond acceptors (Lipinski definition) is 1. The number of aromatic nitrogens is 2. The molecule has 0 radical (unpaired) electrons. The van der Waals surface area contributed by atoms with E-state index < -0.39 is 0 Å². The van der Waals surface area contributed by atoms with Crippen LogP contribution in [-0.2, 0) is 6.54 Å². The Bertz CT molecular complexity index is 996. The summed E-state index contributed by atoms with van der Waals surface area (Å²) in [6, 6.07) is 11.9. The first-order valence-corrected chi connectivity index (χ1v) is 6.69. The van der Waals surface area contributed by atoms with E-state index in [1.54, 1.807) is 12.1 Å². The number of fused-ring (bicyclic) bond motifs is 5. The van der Waals surface area contributed by atoms with Crippen molar-refractivity contribution in [1.82, 2.24) is 4.68 Å². The van der Waals surface area contributed by atoms with Crippen LogP contribution in [0.3, 0.4) is 0 Å². The maximum Gasteiger partial charge on any atom is 0.217 e. The minimum Gasteiger partial charge on any atom is -0.236 e. The highest BCUT2D eigenvalue weighted by molar-refractivity contribution is 5.95. The number of aryl methyl sites for hydroxylation is 1. The van der Waals surface area contributed by atoms with Gasteiger partial charge >= 0.3 is 0 Å². The molecule has 0 atom stereocenters. The van der Waals surface area contributed by atoms with Gasteiger partial charge in [0.1, 0.15) is 11.2 Å². The Morgan fingerprint density at radius 2 is 2.19 bits per heavy atom. The minimum atomic E-state index is 0.582. The van der Waals surface area contributed by atoms with Crippen LogP contribution in [0.1, 0.15) is 16.7 Å². The number of rotatable bonds is 0. The maximum atomic E-state index is 9.29. The van der Waals surface area contributed by atoms with Crippen LogP contribution in [0.2, 0.25) is 0 Å². The average Bonchev–Trinajstić information content (AvgIpc) is 3.02. The predicted octanol–water partition coefficient (Wildman–Crippen LogP) is 3.01. The average molecular weight is 271 g/mol. The molecule has 0 N–H and O–H groups in total. The molecule has 0 saturated carbocycles. The van der Waals surface area contributed by atoms with Crippen LogP contribution in [0.4, 0.5) is 5.69 Å². The molecule has 0 saturated heterocycles. The molecule has 4 nitrogen and oxygen atoms in total. The third-order valence-electron chi connectivity index (χ3n) is 4.05. The van der Waals surface area contributed by atoms with Crippen molar-refractivity contribution in [3.63, 3.8) is 0 Å². The lowest BCUT2D eigenvalue weighted by Gasteiger charge is -2.03. The molecular formula is C17H11N4+. The largest absolute Gasteiger partial charge is 0.236 e. The van der Waals surface area contributed by atoms with Gasteiger partial charge in [0.05, 0.1) is 23.6 Å². The highest BCUT2D eigenvalue weighted by Crippen LogP contribution is 2.34. The van der Waals surface area contributed by atoms with E-state index in [-0.39, 0.29) is 0 Å². The first-order valence-electron chi connectivity index (χ1n) is 6.69. The van der Waals surface area contributed by atoms with Gasteiger partial charge in [-0.2, -0.15) is 5.26 Å². The molecule has 0 aliphatic carbocycles. The molecule has 0 fully saturated rings. The van der Waals surface area contributed by atoms with Crippen LogP contribution < -0.4 is 4.68 Å². The van der Waals surface area contributed by atoms with Gasteiger partial charge in [-0.05, 0) is 12.5 Å². The molecule has 0 spiro atoms. The van der Waals surface area contributed by atoms with Crippen molar-refractivity contribution >= 4 is 16.6 Å². The second-order valence-corrected chi connectivity index (χ2v) is 5.24. The fourth-order valence-electron chi connectivity index (χ4n) is 3.15. The molecule has 4 heteroatoms. The standard InChI is InChI=1S/C17H11N4/c1-11-4-3-5-13-9-20-10-14-12(8-18)6-7-15(19-2)17(14)21(20)16(11)13/h3-7,10H,9H2,1H3/q+1. The third-order valence-corrected chi connectivity index (χ3v) is 4.05. The summed E-state index contributed by atoms with van der Waals surface area (Å²) >= 11 is 0. The molecule has 2 aromatic carbocycles. The SMILES string of the molecule is [C-]#[N+]c1ccc(C#N)c2c[n+]3n(c12)-c1c(C)cccc1C3. The summed E-state index contributed by atoms with van der Waals surface area (Å²) in [6.07, 6.45) is 1.97. The Morgan fingerprint density at radius 3 is 2.95 bits per heavy atom. The molecule has 1 aromatic heterocycles. The Kier molecular flexibility index (Phi) is 2.20. The highest BCUT2D eigenvalue weighted by atomic mass is 15.4. The van der Waals surface area contributed by atoms with Crippen molar-refractivity contribution in [3.05, 3.63) is 64.6 Å². The lowest BCUT2D eigenvalue weighted by Crippen LogP contribution is -2.36. The van der Waals surface area contributed by atoms with E-state index >= 15 is 0 Å². The summed E-state index contributed by atoms with van der Waals surface area (Å²) in [6.45, 7) is 10.3. The molecule has 1 aliphatic rings. The van der Waals surface area contributed by atoms with Crippen molar-refractivity contribution in [1.29, 1.82) is 5.26 Å². The van der Waals surface area contributed by atoms with Crippen LogP contribution in [0.15, 0.2) is 36.5 Å². The molecule has 0 amide bonds. The lowest BCUT2D eigenvalue weighted by molar-refractivity contribution is -0.749. The number of nitrogens with zero attached hydrogens (tertiary/aromatic N) is 4. The zero-order chi connectivity index (χ0) is 14.6. The molecule has 0 bridgehead atoms. The van der Waals surface area contributed by atoms with E-state index in [1.165, 1.54) is 11.1 Å². The molecular weight excluding hydrogens is 260 g/mol. The summed E-state index contributed by atoms with van der Waals surface area (Å²) in [7, 11) is 0. The van der Waals surface area contributed by atoms with E-state index in [0.717, 1.165) is 23.1 Å². The Labute approximate surface area is 121 Å². The van der Waals surface area contributed by atoms with Crippen LogP contribution in [-0.4, -0.2) is 4.68 Å². The normalized spacial score (nSPS) is 11.8. The fraction of sp³-hybridized carbons (Fsp3) is 0.118. The zero-order valence-electron chi connectivity index (χ0n) is 11.5. The summed E-state index contributed by atoms with van der Waals surface area (Å²) in [5, 5.41) is 10.1. The molecule has 98 valence electrons. The number of nitriles is 1. The second-order valence-electron chi connectivity index (χ2n) is 5.24. The van der Waals surface area contributed by atoms with Crippen molar-refractivity contribution in [2.45, 2.75) is 13.5 Å². The van der Waals surface area contributed by atoms with E-state index in [2.05, 4.69) is 45.4 Å². The maximum absolute atomic E-state index is 9.29. The fourth-order valence-corrected chi connectivity index (χ4v) is 3.15. The summed E-state index contributed by atoms with van der Waals surface area (Å²) in [5.41, 5.74) is 5.58. The molecule has 0 unspecified atom stereocenters. The molecule has 4 rings (SSSR count). The number of para-hydroxylation sites is 1. The predicted molar refractivity (Wildman–Crippen MR) is 78.3 cm³/mol. The van der Waals surface area contributed by atoms with Gasteiger partial charge in [-0.1, -0.05) is 30.3 Å². The van der Waals surface area contributed by atoms with Crippen LogP contribution >= 0.6 is 0 Å². The Hall–Kier alpha value is -3.11. The topological polar surface area (TPSA) is 37.0 Å². The third kappa shape index (κ3) is 1.39. The van der Waals surface area contributed by atoms with Gasteiger partial charge in [0, 0.05) is 5.56 Å². The van der Waals surface area contributed by atoms with E-state index in [0.29, 0.717) is 11.3 Å². The minimum absolute atomic E-state index is 0.582.